The van der Waals surface area contributed by atoms with Crippen LogP contribution in [0.1, 0.15) is 32.0 Å². The number of para-hydroxylation sites is 1. The summed E-state index contributed by atoms with van der Waals surface area (Å²) in [6.45, 7) is 6.45. The third-order valence-corrected chi connectivity index (χ3v) is 2.94. The average Bonchev–Trinajstić information content (AvgIpc) is 2.97. The zero-order chi connectivity index (χ0) is 14.2. The Balaban J connectivity index is 2.08. The van der Waals surface area contributed by atoms with Crippen molar-refractivity contribution in [2.75, 3.05) is 19.8 Å². The lowest BCUT2D eigenvalue weighted by Crippen LogP contribution is -2.26. The van der Waals surface area contributed by atoms with Crippen molar-refractivity contribution in [1.29, 1.82) is 0 Å². The third-order valence-electron chi connectivity index (χ3n) is 2.94. The maximum atomic E-state index is 5.63. The largest absolute Gasteiger partial charge is 0.379 e. The van der Waals surface area contributed by atoms with Crippen molar-refractivity contribution in [3.05, 3.63) is 42.2 Å². The fraction of sp³-hybridized carbons (Fsp3) is 0.467. The molecule has 20 heavy (non-hydrogen) atoms. The second kappa shape index (κ2) is 7.77. The second-order valence-electron chi connectivity index (χ2n) is 4.58. The first-order chi connectivity index (χ1) is 9.85. The number of nitrogens with zero attached hydrogens (tertiary/aromatic N) is 3. The first kappa shape index (κ1) is 14.7. The fourth-order valence-corrected chi connectivity index (χ4v) is 1.96. The van der Waals surface area contributed by atoms with E-state index >= 15 is 0 Å². The Morgan fingerprint density at radius 1 is 1.25 bits per heavy atom. The van der Waals surface area contributed by atoms with E-state index in [1.807, 2.05) is 30.3 Å². The maximum absolute atomic E-state index is 5.63. The Morgan fingerprint density at radius 3 is 2.75 bits per heavy atom. The number of hydrogen-bond donors (Lipinski definition) is 1. The van der Waals surface area contributed by atoms with Gasteiger partial charge in [0.15, 0.2) is 0 Å². The van der Waals surface area contributed by atoms with Crippen molar-refractivity contribution in [3.8, 4) is 5.69 Å². The summed E-state index contributed by atoms with van der Waals surface area (Å²) in [5, 5.41) is 12.3. The molecular weight excluding hydrogens is 252 g/mol. The standard InChI is InChI=1S/C15H22N4O/c1-3-10-20-12-15(16-4-2)14-11-17-19(18-14)13-8-6-5-7-9-13/h5-9,11,15-16H,3-4,10,12H2,1-2H3. The summed E-state index contributed by atoms with van der Waals surface area (Å²) in [7, 11) is 0. The monoisotopic (exact) mass is 274 g/mol. The van der Waals surface area contributed by atoms with Gasteiger partial charge in [0, 0.05) is 6.61 Å². The molecule has 5 heteroatoms. The first-order valence-electron chi connectivity index (χ1n) is 7.14. The van der Waals surface area contributed by atoms with Crippen LogP contribution in [-0.4, -0.2) is 34.8 Å². The van der Waals surface area contributed by atoms with Gasteiger partial charge in [0.1, 0.15) is 5.69 Å². The topological polar surface area (TPSA) is 52.0 Å². The van der Waals surface area contributed by atoms with Gasteiger partial charge in [0.2, 0.25) is 0 Å². The minimum absolute atomic E-state index is 0.0870. The molecule has 1 heterocycles. The molecule has 1 unspecified atom stereocenters. The average molecular weight is 274 g/mol. The van der Waals surface area contributed by atoms with E-state index in [1.165, 1.54) is 0 Å². The van der Waals surface area contributed by atoms with Crippen LogP contribution in [0.15, 0.2) is 36.5 Å². The van der Waals surface area contributed by atoms with Crippen molar-refractivity contribution >= 4 is 0 Å². The quantitative estimate of drug-likeness (QED) is 0.751. The smallest absolute Gasteiger partial charge is 0.102 e. The van der Waals surface area contributed by atoms with Crippen LogP contribution in [0.4, 0.5) is 0 Å². The Hall–Kier alpha value is -1.72. The molecule has 0 saturated carbocycles. The summed E-state index contributed by atoms with van der Waals surface area (Å²) in [6, 6.07) is 9.99. The van der Waals surface area contributed by atoms with E-state index < -0.39 is 0 Å². The van der Waals surface area contributed by atoms with Gasteiger partial charge in [0.25, 0.3) is 0 Å². The van der Waals surface area contributed by atoms with E-state index in [0.717, 1.165) is 31.0 Å². The molecule has 1 atom stereocenters. The summed E-state index contributed by atoms with van der Waals surface area (Å²) in [5.74, 6) is 0. The highest BCUT2D eigenvalue weighted by molar-refractivity contribution is 5.28. The molecule has 0 fully saturated rings. The predicted octanol–water partition coefficient (Wildman–Crippen LogP) is 2.34. The van der Waals surface area contributed by atoms with Gasteiger partial charge in [-0.2, -0.15) is 15.0 Å². The van der Waals surface area contributed by atoms with E-state index in [2.05, 4.69) is 29.4 Å². The molecule has 0 aliphatic rings. The maximum Gasteiger partial charge on any atom is 0.102 e. The lowest BCUT2D eigenvalue weighted by atomic mass is 10.2. The molecule has 5 nitrogen and oxygen atoms in total. The number of rotatable bonds is 8. The van der Waals surface area contributed by atoms with Gasteiger partial charge in [-0.3, -0.25) is 0 Å². The number of nitrogens with one attached hydrogen (secondary N) is 1. The van der Waals surface area contributed by atoms with Crippen molar-refractivity contribution < 1.29 is 4.74 Å². The van der Waals surface area contributed by atoms with E-state index in [9.17, 15) is 0 Å². The van der Waals surface area contributed by atoms with Gasteiger partial charge >= 0.3 is 0 Å². The first-order valence-corrected chi connectivity index (χ1v) is 7.14. The van der Waals surface area contributed by atoms with Crippen LogP contribution in [0.3, 0.4) is 0 Å². The van der Waals surface area contributed by atoms with Crippen LogP contribution in [0.5, 0.6) is 0 Å². The van der Waals surface area contributed by atoms with E-state index in [4.69, 9.17) is 4.74 Å². The molecule has 0 saturated heterocycles. The molecule has 108 valence electrons. The number of ether oxygens (including phenoxy) is 1. The van der Waals surface area contributed by atoms with Crippen molar-refractivity contribution in [2.45, 2.75) is 26.3 Å². The number of aromatic nitrogens is 3. The predicted molar refractivity (Wildman–Crippen MR) is 78.9 cm³/mol. The minimum atomic E-state index is 0.0870. The van der Waals surface area contributed by atoms with Gasteiger partial charge in [-0.15, -0.1) is 0 Å². The molecule has 0 aliphatic heterocycles. The molecule has 0 spiro atoms. The molecule has 1 aromatic carbocycles. The third kappa shape index (κ3) is 3.88. The van der Waals surface area contributed by atoms with E-state index in [-0.39, 0.29) is 6.04 Å². The normalized spacial score (nSPS) is 12.5. The second-order valence-corrected chi connectivity index (χ2v) is 4.58. The van der Waals surface area contributed by atoms with Crippen LogP contribution in [0.25, 0.3) is 5.69 Å². The summed E-state index contributed by atoms with van der Waals surface area (Å²) >= 11 is 0. The summed E-state index contributed by atoms with van der Waals surface area (Å²) in [4.78, 5) is 1.65. The Kier molecular flexibility index (Phi) is 5.70. The van der Waals surface area contributed by atoms with Gasteiger partial charge in [0.05, 0.1) is 24.5 Å². The van der Waals surface area contributed by atoms with Crippen LogP contribution in [0.2, 0.25) is 0 Å². The Labute approximate surface area is 120 Å². The highest BCUT2D eigenvalue weighted by Gasteiger charge is 2.14. The summed E-state index contributed by atoms with van der Waals surface area (Å²) in [5.41, 5.74) is 1.87. The van der Waals surface area contributed by atoms with Crippen molar-refractivity contribution in [3.63, 3.8) is 0 Å². The van der Waals surface area contributed by atoms with E-state index in [1.54, 1.807) is 11.0 Å². The minimum Gasteiger partial charge on any atom is -0.379 e. The molecule has 1 N–H and O–H groups in total. The molecule has 0 aliphatic carbocycles. The SMILES string of the molecule is CCCOCC(NCC)c1cnn(-c2ccccc2)n1. The number of hydrogen-bond acceptors (Lipinski definition) is 4. The highest BCUT2D eigenvalue weighted by Crippen LogP contribution is 2.12. The number of benzene rings is 1. The zero-order valence-corrected chi connectivity index (χ0v) is 12.1. The lowest BCUT2D eigenvalue weighted by Gasteiger charge is -2.15. The van der Waals surface area contributed by atoms with Crippen molar-refractivity contribution in [1.82, 2.24) is 20.3 Å². The lowest BCUT2D eigenvalue weighted by molar-refractivity contribution is 0.111. The van der Waals surface area contributed by atoms with Crippen LogP contribution in [0, 0.1) is 0 Å². The van der Waals surface area contributed by atoms with Gasteiger partial charge in [-0.25, -0.2) is 0 Å². The number of likely N-dealkylation sites (N-methyl/N-ethyl adjacent to an activating group) is 1. The molecule has 2 rings (SSSR count). The zero-order valence-electron chi connectivity index (χ0n) is 12.1. The Morgan fingerprint density at radius 2 is 2.05 bits per heavy atom. The molecule has 0 radical (unpaired) electrons. The van der Waals surface area contributed by atoms with Crippen LogP contribution in [-0.2, 0) is 4.74 Å². The fourth-order valence-electron chi connectivity index (χ4n) is 1.96. The van der Waals surface area contributed by atoms with Crippen molar-refractivity contribution in [2.24, 2.45) is 0 Å². The van der Waals surface area contributed by atoms with Gasteiger partial charge in [-0.1, -0.05) is 32.0 Å². The summed E-state index contributed by atoms with van der Waals surface area (Å²) < 4.78 is 5.63. The van der Waals surface area contributed by atoms with Crippen LogP contribution >= 0.6 is 0 Å². The Bertz CT molecular complexity index is 498. The van der Waals surface area contributed by atoms with Crippen LogP contribution < -0.4 is 5.32 Å². The molecule has 1 aromatic heterocycles. The highest BCUT2D eigenvalue weighted by atomic mass is 16.5. The molecule has 0 amide bonds. The molecule has 0 bridgehead atoms. The van der Waals surface area contributed by atoms with Gasteiger partial charge in [-0.05, 0) is 25.1 Å². The summed E-state index contributed by atoms with van der Waals surface area (Å²) in [6.07, 6.45) is 2.82. The molecular formula is C15H22N4O. The molecule has 2 aromatic rings. The van der Waals surface area contributed by atoms with Gasteiger partial charge < -0.3 is 10.1 Å². The van der Waals surface area contributed by atoms with E-state index in [0.29, 0.717) is 6.61 Å².